The van der Waals surface area contributed by atoms with Crippen molar-refractivity contribution in [3.05, 3.63) is 35.9 Å². The molecule has 0 amide bonds. The largest absolute Gasteiger partial charge is 0.478 e. The number of likely N-dealkylation sites (tertiary alicyclic amines) is 1. The molecule has 0 spiro atoms. The van der Waals surface area contributed by atoms with Crippen molar-refractivity contribution >= 4 is 5.97 Å². The molecule has 0 bridgehead atoms. The Balaban J connectivity index is 0.000000180. The van der Waals surface area contributed by atoms with E-state index >= 15 is 0 Å². The first kappa shape index (κ1) is 14.7. The van der Waals surface area contributed by atoms with Crippen molar-refractivity contribution in [3.8, 4) is 0 Å². The van der Waals surface area contributed by atoms with Gasteiger partial charge >= 0.3 is 5.97 Å². The molecule has 4 heteroatoms. The van der Waals surface area contributed by atoms with Gasteiger partial charge in [0.2, 0.25) is 0 Å². The quantitative estimate of drug-likeness (QED) is 0.877. The van der Waals surface area contributed by atoms with Gasteiger partial charge in [0.1, 0.15) is 6.23 Å². The van der Waals surface area contributed by atoms with Crippen LogP contribution >= 0.6 is 0 Å². The summed E-state index contributed by atoms with van der Waals surface area (Å²) in [5.41, 5.74) is 0.331. The summed E-state index contributed by atoms with van der Waals surface area (Å²) < 4.78 is 5.23. The Morgan fingerprint density at radius 1 is 1.33 bits per heavy atom. The van der Waals surface area contributed by atoms with Crippen LogP contribution in [0.5, 0.6) is 0 Å². The topological polar surface area (TPSA) is 49.8 Å². The molecule has 0 aromatic heterocycles. The molecular formula is C14H21NO3. The molecule has 1 aliphatic heterocycles. The lowest BCUT2D eigenvalue weighted by Gasteiger charge is -2.30. The molecule has 1 aromatic rings. The van der Waals surface area contributed by atoms with E-state index in [9.17, 15) is 4.79 Å². The standard InChI is InChI=1S/C7H15NO.C7H6O2/c1-8-6-4-3-5-7(8)9-2;8-7(9)6-4-2-1-3-5-6/h7H,3-6H2,1-2H3;1-5H,(H,8,9). The van der Waals surface area contributed by atoms with Crippen molar-refractivity contribution < 1.29 is 14.6 Å². The fraction of sp³-hybridized carbons (Fsp3) is 0.500. The van der Waals surface area contributed by atoms with Gasteiger partial charge in [0, 0.05) is 13.7 Å². The molecule has 2 rings (SSSR count). The Morgan fingerprint density at radius 3 is 2.39 bits per heavy atom. The first-order chi connectivity index (χ1) is 8.65. The van der Waals surface area contributed by atoms with Crippen LogP contribution in [-0.4, -0.2) is 42.9 Å². The van der Waals surface area contributed by atoms with Crippen molar-refractivity contribution in [1.29, 1.82) is 0 Å². The highest BCUT2D eigenvalue weighted by Gasteiger charge is 2.16. The molecule has 1 aliphatic rings. The molecule has 1 unspecified atom stereocenters. The van der Waals surface area contributed by atoms with Crippen molar-refractivity contribution in [2.45, 2.75) is 25.5 Å². The Labute approximate surface area is 108 Å². The van der Waals surface area contributed by atoms with Crippen LogP contribution in [0.15, 0.2) is 30.3 Å². The van der Waals surface area contributed by atoms with E-state index in [-0.39, 0.29) is 0 Å². The number of aromatic carboxylic acids is 1. The highest BCUT2D eigenvalue weighted by atomic mass is 16.5. The van der Waals surface area contributed by atoms with E-state index in [0.717, 1.165) is 0 Å². The Morgan fingerprint density at radius 2 is 2.00 bits per heavy atom. The lowest BCUT2D eigenvalue weighted by atomic mass is 10.1. The SMILES string of the molecule is COC1CCCCN1C.O=C(O)c1ccccc1. The van der Waals surface area contributed by atoms with Crippen LogP contribution in [0, 0.1) is 0 Å². The Hall–Kier alpha value is -1.39. The third kappa shape index (κ3) is 4.85. The number of carboxylic acids is 1. The fourth-order valence-corrected chi connectivity index (χ4v) is 1.92. The molecule has 1 fully saturated rings. The number of carboxylic acid groups (broad SMARTS) is 1. The lowest BCUT2D eigenvalue weighted by molar-refractivity contribution is -0.0406. The molecule has 1 aromatic carbocycles. The highest BCUT2D eigenvalue weighted by Crippen LogP contribution is 2.14. The molecule has 4 nitrogen and oxygen atoms in total. The van der Waals surface area contributed by atoms with Crippen LogP contribution in [0.2, 0.25) is 0 Å². The second kappa shape index (κ2) is 7.84. The van der Waals surface area contributed by atoms with E-state index in [1.54, 1.807) is 37.4 Å². The third-order valence-electron chi connectivity index (χ3n) is 3.00. The molecule has 1 heterocycles. The average Bonchev–Trinajstić information content (AvgIpc) is 2.41. The molecule has 18 heavy (non-hydrogen) atoms. The average molecular weight is 251 g/mol. The van der Waals surface area contributed by atoms with Crippen LogP contribution in [0.4, 0.5) is 0 Å². The zero-order valence-corrected chi connectivity index (χ0v) is 11.0. The van der Waals surface area contributed by atoms with Crippen LogP contribution in [-0.2, 0) is 4.74 Å². The third-order valence-corrected chi connectivity index (χ3v) is 3.00. The molecule has 1 N–H and O–H groups in total. The number of nitrogens with zero attached hydrogens (tertiary/aromatic N) is 1. The van der Waals surface area contributed by atoms with Gasteiger partial charge in [-0.3, -0.25) is 4.90 Å². The first-order valence-electron chi connectivity index (χ1n) is 6.16. The Kier molecular flexibility index (Phi) is 6.39. The van der Waals surface area contributed by atoms with Crippen LogP contribution in [0.1, 0.15) is 29.6 Å². The summed E-state index contributed by atoms with van der Waals surface area (Å²) in [4.78, 5) is 12.5. The second-order valence-corrected chi connectivity index (χ2v) is 4.34. The van der Waals surface area contributed by atoms with E-state index in [0.29, 0.717) is 11.8 Å². The van der Waals surface area contributed by atoms with Crippen LogP contribution in [0.3, 0.4) is 0 Å². The van der Waals surface area contributed by atoms with Crippen molar-refractivity contribution in [1.82, 2.24) is 4.90 Å². The summed E-state index contributed by atoms with van der Waals surface area (Å²) >= 11 is 0. The fourth-order valence-electron chi connectivity index (χ4n) is 1.92. The maximum atomic E-state index is 10.2. The zero-order valence-electron chi connectivity index (χ0n) is 11.0. The number of benzene rings is 1. The minimum absolute atomic E-state index is 0.331. The van der Waals surface area contributed by atoms with Gasteiger partial charge in [0.05, 0.1) is 5.56 Å². The number of ether oxygens (including phenoxy) is 1. The number of methoxy groups -OCH3 is 1. The smallest absolute Gasteiger partial charge is 0.335 e. The van der Waals surface area contributed by atoms with E-state index < -0.39 is 5.97 Å². The normalized spacial score (nSPS) is 19.8. The van der Waals surface area contributed by atoms with Gasteiger partial charge in [-0.05, 0) is 38.4 Å². The Bertz CT molecular complexity index is 353. The maximum absolute atomic E-state index is 10.2. The van der Waals surface area contributed by atoms with Crippen LogP contribution < -0.4 is 0 Å². The van der Waals surface area contributed by atoms with Crippen molar-refractivity contribution in [2.75, 3.05) is 20.7 Å². The predicted octanol–water partition coefficient (Wildman–Crippen LogP) is 2.46. The van der Waals surface area contributed by atoms with E-state index in [1.165, 1.54) is 25.8 Å². The van der Waals surface area contributed by atoms with Gasteiger partial charge in [-0.1, -0.05) is 18.2 Å². The van der Waals surface area contributed by atoms with Gasteiger partial charge in [0.25, 0.3) is 0 Å². The molecule has 0 aliphatic carbocycles. The summed E-state index contributed by atoms with van der Waals surface area (Å²) in [5.74, 6) is -0.879. The van der Waals surface area contributed by atoms with Crippen LogP contribution in [0.25, 0.3) is 0 Å². The number of piperidine rings is 1. The molecular weight excluding hydrogens is 230 g/mol. The molecule has 0 saturated carbocycles. The number of carbonyl (C=O) groups is 1. The maximum Gasteiger partial charge on any atom is 0.335 e. The monoisotopic (exact) mass is 251 g/mol. The molecule has 100 valence electrons. The van der Waals surface area contributed by atoms with Gasteiger partial charge in [0.15, 0.2) is 0 Å². The number of hydrogen-bond donors (Lipinski definition) is 1. The number of rotatable bonds is 2. The van der Waals surface area contributed by atoms with E-state index in [2.05, 4.69) is 11.9 Å². The van der Waals surface area contributed by atoms with Gasteiger partial charge < -0.3 is 9.84 Å². The molecule has 0 radical (unpaired) electrons. The second-order valence-electron chi connectivity index (χ2n) is 4.34. The summed E-state index contributed by atoms with van der Waals surface area (Å²) in [6, 6.07) is 8.30. The molecule has 1 atom stereocenters. The number of hydrogen-bond acceptors (Lipinski definition) is 3. The van der Waals surface area contributed by atoms with Crippen molar-refractivity contribution in [2.24, 2.45) is 0 Å². The minimum atomic E-state index is -0.879. The lowest BCUT2D eigenvalue weighted by Crippen LogP contribution is -2.37. The van der Waals surface area contributed by atoms with Gasteiger partial charge in [-0.15, -0.1) is 0 Å². The van der Waals surface area contributed by atoms with Crippen molar-refractivity contribution in [3.63, 3.8) is 0 Å². The summed E-state index contributed by atoms with van der Waals surface area (Å²) in [7, 11) is 3.90. The van der Waals surface area contributed by atoms with E-state index in [1.807, 2.05) is 0 Å². The molecule has 1 saturated heterocycles. The summed E-state index contributed by atoms with van der Waals surface area (Å²) in [5, 5.41) is 8.38. The summed E-state index contributed by atoms with van der Waals surface area (Å²) in [6.45, 7) is 1.19. The van der Waals surface area contributed by atoms with E-state index in [4.69, 9.17) is 9.84 Å². The minimum Gasteiger partial charge on any atom is -0.478 e. The predicted molar refractivity (Wildman–Crippen MR) is 70.7 cm³/mol. The summed E-state index contributed by atoms with van der Waals surface area (Å²) in [6.07, 6.45) is 4.24. The first-order valence-corrected chi connectivity index (χ1v) is 6.16. The van der Waals surface area contributed by atoms with Gasteiger partial charge in [-0.25, -0.2) is 4.79 Å². The highest BCUT2D eigenvalue weighted by molar-refractivity contribution is 5.87. The zero-order chi connectivity index (χ0) is 13.4. The van der Waals surface area contributed by atoms with Gasteiger partial charge in [-0.2, -0.15) is 0 Å².